The van der Waals surface area contributed by atoms with Gasteiger partial charge in [0.2, 0.25) is 0 Å². The van der Waals surface area contributed by atoms with Crippen LogP contribution >= 0.6 is 12.4 Å². The minimum atomic E-state index is -0.406. The van der Waals surface area contributed by atoms with Crippen LogP contribution in [-0.4, -0.2) is 44.6 Å². The average Bonchev–Trinajstić information content (AvgIpc) is 2.68. The molecule has 29 heavy (non-hydrogen) atoms. The molecule has 8 nitrogen and oxygen atoms in total. The third-order valence-corrected chi connectivity index (χ3v) is 3.87. The number of carbonyl (C=O) groups is 1. The number of carbonyl (C=O) groups excluding carboxylic acids is 1. The van der Waals surface area contributed by atoms with Crippen molar-refractivity contribution in [1.29, 1.82) is 5.41 Å². The van der Waals surface area contributed by atoms with E-state index in [9.17, 15) is 9.18 Å². The molecular weight excluding hydrogens is 399 g/mol. The second-order valence-electron chi connectivity index (χ2n) is 6.23. The second kappa shape index (κ2) is 12.6. The van der Waals surface area contributed by atoms with Crippen LogP contribution in [0.1, 0.15) is 26.3 Å². The minimum Gasteiger partial charge on any atom is -0.463 e. The van der Waals surface area contributed by atoms with E-state index in [2.05, 4.69) is 20.9 Å². The Balaban J connectivity index is 0.00000117. The molecule has 0 radical (unpaired) electrons. The zero-order chi connectivity index (χ0) is 21.3. The van der Waals surface area contributed by atoms with Crippen LogP contribution in [-0.2, 0) is 9.53 Å². The molecule has 0 fully saturated rings. The van der Waals surface area contributed by atoms with Crippen molar-refractivity contribution in [2.75, 3.05) is 20.7 Å². The summed E-state index contributed by atoms with van der Waals surface area (Å²) in [6.45, 7) is 6.07. The molecule has 162 valence electrons. The molecule has 0 saturated heterocycles. The van der Waals surface area contributed by atoms with Crippen LogP contribution < -0.4 is 21.7 Å². The zero-order valence-corrected chi connectivity index (χ0v) is 18.1. The van der Waals surface area contributed by atoms with Crippen molar-refractivity contribution >= 4 is 36.0 Å². The molecule has 0 aliphatic carbocycles. The van der Waals surface area contributed by atoms with Gasteiger partial charge in [-0.2, -0.15) is 0 Å². The molecular formula is C19H30ClFN6O2. The first-order valence-corrected chi connectivity index (χ1v) is 8.97. The van der Waals surface area contributed by atoms with Crippen LogP contribution in [0.5, 0.6) is 0 Å². The maximum Gasteiger partial charge on any atom is 0.338 e. The van der Waals surface area contributed by atoms with Crippen molar-refractivity contribution in [1.82, 2.24) is 16.0 Å². The third-order valence-electron chi connectivity index (χ3n) is 3.87. The molecule has 0 spiro atoms. The molecule has 1 aromatic carbocycles. The lowest BCUT2D eigenvalue weighted by molar-refractivity contribution is -0.138. The fourth-order valence-electron chi connectivity index (χ4n) is 2.46. The Labute approximate surface area is 177 Å². The van der Waals surface area contributed by atoms with Crippen LogP contribution in [0.4, 0.5) is 4.39 Å². The molecule has 6 N–H and O–H groups in total. The van der Waals surface area contributed by atoms with E-state index in [1.54, 1.807) is 33.2 Å². The molecule has 0 bridgehead atoms. The second-order valence-corrected chi connectivity index (χ2v) is 6.23. The number of nitrogens with two attached hydrogens (primary N) is 1. The number of ether oxygens (including phenoxy) is 1. The summed E-state index contributed by atoms with van der Waals surface area (Å²) in [6.07, 6.45) is 0. The molecule has 1 aliphatic rings. The topological polar surface area (TPSA) is 125 Å². The van der Waals surface area contributed by atoms with Gasteiger partial charge in [0.1, 0.15) is 5.82 Å². The highest BCUT2D eigenvalue weighted by Gasteiger charge is 2.33. The summed E-state index contributed by atoms with van der Waals surface area (Å²) in [7, 11) is 3.35. The van der Waals surface area contributed by atoms with Crippen molar-refractivity contribution in [3.63, 3.8) is 0 Å². The van der Waals surface area contributed by atoms with Crippen LogP contribution in [0.3, 0.4) is 0 Å². The van der Waals surface area contributed by atoms with E-state index in [1.165, 1.54) is 12.1 Å². The standard InChI is InChI=1S/C17H22FN3O2.C2H7N3.ClH/c1-5-23-16(22)13-14(10(2)3)20-17(19-4)21-15(13)11-6-8-12(18)9-7-11;1-5-2(3)4;/h6-10,14H,5H2,1-4H3,(H2,19,20,21);1H3,(H4,3,4,5);1H. The average molecular weight is 429 g/mol. The molecule has 1 atom stereocenters. The van der Waals surface area contributed by atoms with Crippen molar-refractivity contribution < 1.29 is 13.9 Å². The van der Waals surface area contributed by atoms with Crippen LogP contribution in [0.2, 0.25) is 0 Å². The highest BCUT2D eigenvalue weighted by molar-refractivity contribution is 6.03. The van der Waals surface area contributed by atoms with Gasteiger partial charge in [0.15, 0.2) is 11.9 Å². The molecule has 0 aromatic heterocycles. The first-order chi connectivity index (χ1) is 13.2. The molecule has 1 aromatic rings. The maximum atomic E-state index is 13.2. The normalized spacial score (nSPS) is 15.1. The molecule has 10 heteroatoms. The Hall–Kier alpha value is -2.81. The number of nitrogens with zero attached hydrogens (tertiary/aromatic N) is 1. The van der Waals surface area contributed by atoms with Crippen molar-refractivity contribution in [2.45, 2.75) is 26.8 Å². The summed E-state index contributed by atoms with van der Waals surface area (Å²) < 4.78 is 18.4. The van der Waals surface area contributed by atoms with Crippen molar-refractivity contribution in [2.24, 2.45) is 16.6 Å². The number of benzene rings is 1. The summed E-state index contributed by atoms with van der Waals surface area (Å²) >= 11 is 0. The van der Waals surface area contributed by atoms with E-state index >= 15 is 0 Å². The molecule has 2 rings (SSSR count). The number of nitrogens with one attached hydrogen (secondary N) is 4. The van der Waals surface area contributed by atoms with Gasteiger partial charge in [-0.25, -0.2) is 14.2 Å². The summed E-state index contributed by atoms with van der Waals surface area (Å²) in [5, 5.41) is 15.0. The lowest BCUT2D eigenvalue weighted by atomic mass is 9.91. The Bertz CT molecular complexity index is 750. The predicted molar refractivity (Wildman–Crippen MR) is 116 cm³/mol. The summed E-state index contributed by atoms with van der Waals surface area (Å²) in [4.78, 5) is 16.9. The summed E-state index contributed by atoms with van der Waals surface area (Å²) in [6, 6.07) is 5.69. The molecule has 1 heterocycles. The fourth-order valence-corrected chi connectivity index (χ4v) is 2.46. The predicted octanol–water partition coefficient (Wildman–Crippen LogP) is 1.82. The first kappa shape index (κ1) is 26.2. The van der Waals surface area contributed by atoms with Crippen LogP contribution in [0.25, 0.3) is 5.70 Å². The van der Waals surface area contributed by atoms with Gasteiger partial charge in [-0.3, -0.25) is 5.41 Å². The van der Waals surface area contributed by atoms with Crippen LogP contribution in [0.15, 0.2) is 34.8 Å². The van der Waals surface area contributed by atoms with Gasteiger partial charge in [-0.05, 0) is 37.1 Å². The number of halogens is 2. The lowest BCUT2D eigenvalue weighted by Crippen LogP contribution is -2.49. The van der Waals surface area contributed by atoms with Crippen LogP contribution in [0, 0.1) is 17.1 Å². The number of rotatable bonds is 4. The fraction of sp³-hybridized carbons (Fsp3) is 0.421. The Morgan fingerprint density at radius 2 is 1.90 bits per heavy atom. The van der Waals surface area contributed by atoms with E-state index in [1.807, 2.05) is 13.8 Å². The quantitative estimate of drug-likeness (QED) is 0.283. The number of hydrogen-bond donors (Lipinski definition) is 5. The van der Waals surface area contributed by atoms with Gasteiger partial charge in [0.25, 0.3) is 0 Å². The number of guanidine groups is 2. The van der Waals surface area contributed by atoms with E-state index in [0.29, 0.717) is 22.8 Å². The van der Waals surface area contributed by atoms with Crippen molar-refractivity contribution in [3.8, 4) is 0 Å². The van der Waals surface area contributed by atoms with Gasteiger partial charge in [-0.15, -0.1) is 12.4 Å². The Kier molecular flexibility index (Phi) is 11.4. The summed E-state index contributed by atoms with van der Waals surface area (Å²) in [5.41, 5.74) is 6.41. The highest BCUT2D eigenvalue weighted by Crippen LogP contribution is 2.29. The molecule has 0 amide bonds. The zero-order valence-electron chi connectivity index (χ0n) is 17.3. The SMILES string of the molecule is CCOC(=O)C1=C(c2ccc(F)cc2)N=C(NC)NC1C(C)C.CNC(=N)N.Cl. The van der Waals surface area contributed by atoms with Crippen molar-refractivity contribution in [3.05, 3.63) is 41.2 Å². The van der Waals surface area contributed by atoms with E-state index < -0.39 is 5.97 Å². The molecule has 0 saturated carbocycles. The Morgan fingerprint density at radius 3 is 2.31 bits per heavy atom. The van der Waals surface area contributed by atoms with Gasteiger partial charge in [-0.1, -0.05) is 13.8 Å². The monoisotopic (exact) mass is 428 g/mol. The number of hydrogen-bond acceptors (Lipinski definition) is 6. The lowest BCUT2D eigenvalue weighted by Gasteiger charge is -2.30. The van der Waals surface area contributed by atoms with Gasteiger partial charge >= 0.3 is 5.97 Å². The minimum absolute atomic E-state index is 0. The van der Waals surface area contributed by atoms with E-state index in [-0.39, 0.29) is 42.8 Å². The van der Waals surface area contributed by atoms with Gasteiger partial charge in [0.05, 0.1) is 23.9 Å². The third kappa shape index (κ3) is 7.61. The first-order valence-electron chi connectivity index (χ1n) is 8.97. The van der Waals surface area contributed by atoms with Gasteiger partial charge in [0, 0.05) is 19.7 Å². The summed E-state index contributed by atoms with van der Waals surface area (Å²) in [5.74, 6) is -0.0269. The molecule has 1 unspecified atom stereocenters. The smallest absolute Gasteiger partial charge is 0.338 e. The van der Waals surface area contributed by atoms with Gasteiger partial charge < -0.3 is 26.4 Å². The largest absolute Gasteiger partial charge is 0.463 e. The van der Waals surface area contributed by atoms with E-state index in [0.717, 1.165) is 0 Å². The molecule has 1 aliphatic heterocycles. The highest BCUT2D eigenvalue weighted by atomic mass is 35.5. The number of aliphatic imine (C=N–C) groups is 1. The maximum absolute atomic E-state index is 13.2. The Morgan fingerprint density at radius 1 is 1.34 bits per heavy atom. The number of esters is 1. The van der Waals surface area contributed by atoms with E-state index in [4.69, 9.17) is 15.9 Å².